The average molecular weight is 494 g/mol. The van der Waals surface area contributed by atoms with Crippen molar-refractivity contribution in [1.82, 2.24) is 15.1 Å². The van der Waals surface area contributed by atoms with Gasteiger partial charge < -0.3 is 19.9 Å². The molecule has 7 heteroatoms. The van der Waals surface area contributed by atoms with E-state index in [4.69, 9.17) is 4.74 Å². The Morgan fingerprint density at radius 3 is 2.37 bits per heavy atom. The fourth-order valence-corrected chi connectivity index (χ4v) is 3.65. The number of piperidine rings is 1. The summed E-state index contributed by atoms with van der Waals surface area (Å²) in [6.45, 7) is 18.3. The molecule has 0 spiro atoms. The SMILES string of the molecule is CN=C(NCC1CCCN(C(=O)OC(C)(C)C)C1)N1CC(C)(C)C1(C)C.I. The van der Waals surface area contributed by atoms with Gasteiger partial charge in [0.1, 0.15) is 5.60 Å². The fraction of sp³-hybridized carbons (Fsp3) is 0.900. The van der Waals surface area contributed by atoms with E-state index in [1.165, 1.54) is 0 Å². The molecule has 0 aliphatic carbocycles. The molecular formula is C20H39IN4O2. The molecule has 0 aromatic heterocycles. The van der Waals surface area contributed by atoms with E-state index in [-0.39, 0.29) is 41.0 Å². The van der Waals surface area contributed by atoms with Crippen molar-refractivity contribution in [2.24, 2.45) is 16.3 Å². The van der Waals surface area contributed by atoms with Gasteiger partial charge in [0.05, 0.1) is 0 Å². The zero-order valence-electron chi connectivity index (χ0n) is 18.4. The standard InChI is InChI=1S/C20H38N4O2.HI/c1-18(2,3)26-17(25)23-11-9-10-15(13-23)12-22-16(21-8)24-14-19(4,5)20(24,6)7;/h15H,9-14H2,1-8H3,(H,21,22);1H. The second kappa shape index (κ2) is 8.74. The summed E-state index contributed by atoms with van der Waals surface area (Å²) >= 11 is 0. The number of carbonyl (C=O) groups is 1. The van der Waals surface area contributed by atoms with Gasteiger partial charge in [-0.15, -0.1) is 24.0 Å². The molecule has 2 saturated heterocycles. The molecule has 0 radical (unpaired) electrons. The van der Waals surface area contributed by atoms with Crippen molar-refractivity contribution < 1.29 is 9.53 Å². The highest BCUT2D eigenvalue weighted by Gasteiger charge is 2.53. The van der Waals surface area contributed by atoms with Crippen LogP contribution in [0.4, 0.5) is 4.79 Å². The smallest absolute Gasteiger partial charge is 0.410 e. The van der Waals surface area contributed by atoms with Crippen molar-refractivity contribution >= 4 is 36.0 Å². The molecule has 2 aliphatic heterocycles. The molecule has 158 valence electrons. The summed E-state index contributed by atoms with van der Waals surface area (Å²) < 4.78 is 5.52. The van der Waals surface area contributed by atoms with E-state index in [2.05, 4.69) is 42.9 Å². The van der Waals surface area contributed by atoms with Crippen molar-refractivity contribution in [3.05, 3.63) is 0 Å². The van der Waals surface area contributed by atoms with E-state index >= 15 is 0 Å². The number of hydrogen-bond donors (Lipinski definition) is 1. The lowest BCUT2D eigenvalue weighted by Crippen LogP contribution is -2.72. The van der Waals surface area contributed by atoms with E-state index in [0.717, 1.165) is 45.0 Å². The van der Waals surface area contributed by atoms with Gasteiger partial charge in [-0.25, -0.2) is 4.79 Å². The summed E-state index contributed by atoms with van der Waals surface area (Å²) in [4.78, 5) is 21.0. The minimum absolute atomic E-state index is 0. The molecule has 27 heavy (non-hydrogen) atoms. The van der Waals surface area contributed by atoms with Gasteiger partial charge in [0.25, 0.3) is 0 Å². The highest BCUT2D eigenvalue weighted by atomic mass is 127. The van der Waals surface area contributed by atoms with E-state index in [1.807, 2.05) is 32.7 Å². The molecule has 0 aromatic rings. The first-order chi connectivity index (χ1) is 11.9. The number of nitrogens with one attached hydrogen (secondary N) is 1. The monoisotopic (exact) mass is 494 g/mol. The lowest BCUT2D eigenvalue weighted by molar-refractivity contribution is -0.0669. The largest absolute Gasteiger partial charge is 0.444 e. The minimum Gasteiger partial charge on any atom is -0.444 e. The quantitative estimate of drug-likeness (QED) is 0.359. The number of ether oxygens (including phenoxy) is 1. The molecule has 0 saturated carbocycles. The third-order valence-corrected chi connectivity index (χ3v) is 6.07. The Bertz CT molecular complexity index is 555. The van der Waals surface area contributed by atoms with Gasteiger partial charge in [0.2, 0.25) is 0 Å². The van der Waals surface area contributed by atoms with Crippen LogP contribution in [-0.2, 0) is 4.74 Å². The predicted molar refractivity (Wildman–Crippen MR) is 122 cm³/mol. The number of amides is 1. The fourth-order valence-electron chi connectivity index (χ4n) is 3.65. The summed E-state index contributed by atoms with van der Waals surface area (Å²) in [6.07, 6.45) is 1.95. The lowest BCUT2D eigenvalue weighted by atomic mass is 9.65. The van der Waals surface area contributed by atoms with Crippen LogP contribution in [0.25, 0.3) is 0 Å². The van der Waals surface area contributed by atoms with Gasteiger partial charge in [0.15, 0.2) is 5.96 Å². The first-order valence-corrected chi connectivity index (χ1v) is 9.83. The molecule has 0 bridgehead atoms. The van der Waals surface area contributed by atoms with Crippen molar-refractivity contribution in [2.45, 2.75) is 72.4 Å². The molecular weight excluding hydrogens is 455 g/mol. The third kappa shape index (κ3) is 5.64. The lowest BCUT2D eigenvalue weighted by Gasteiger charge is -2.62. The highest BCUT2D eigenvalue weighted by Crippen LogP contribution is 2.46. The Labute approximate surface area is 182 Å². The van der Waals surface area contributed by atoms with Gasteiger partial charge in [-0.2, -0.15) is 0 Å². The van der Waals surface area contributed by atoms with Crippen LogP contribution >= 0.6 is 24.0 Å². The number of likely N-dealkylation sites (tertiary alicyclic amines) is 2. The highest BCUT2D eigenvalue weighted by molar-refractivity contribution is 14.0. The number of rotatable bonds is 2. The van der Waals surface area contributed by atoms with Gasteiger partial charge in [0, 0.05) is 44.2 Å². The number of hydrogen-bond acceptors (Lipinski definition) is 3. The number of halogens is 1. The maximum absolute atomic E-state index is 12.3. The summed E-state index contributed by atoms with van der Waals surface area (Å²) in [7, 11) is 1.84. The molecule has 2 aliphatic rings. The van der Waals surface area contributed by atoms with Crippen LogP contribution in [-0.4, -0.2) is 66.2 Å². The van der Waals surface area contributed by atoms with Crippen molar-refractivity contribution in [1.29, 1.82) is 0 Å². The Hall–Kier alpha value is -0.730. The molecule has 2 rings (SSSR count). The van der Waals surface area contributed by atoms with Gasteiger partial charge in [-0.05, 0) is 53.4 Å². The van der Waals surface area contributed by atoms with Crippen LogP contribution in [0.5, 0.6) is 0 Å². The van der Waals surface area contributed by atoms with E-state index in [0.29, 0.717) is 5.92 Å². The Kier molecular flexibility index (Phi) is 7.87. The van der Waals surface area contributed by atoms with Crippen molar-refractivity contribution in [3.63, 3.8) is 0 Å². The molecule has 1 atom stereocenters. The molecule has 2 fully saturated rings. The van der Waals surface area contributed by atoms with Crippen LogP contribution in [0.15, 0.2) is 4.99 Å². The summed E-state index contributed by atoms with van der Waals surface area (Å²) in [6, 6.07) is 0. The van der Waals surface area contributed by atoms with Crippen LogP contribution in [0.3, 0.4) is 0 Å². The van der Waals surface area contributed by atoms with Crippen LogP contribution in [0, 0.1) is 11.3 Å². The molecule has 1 amide bonds. The molecule has 1 N–H and O–H groups in total. The topological polar surface area (TPSA) is 57.2 Å². The zero-order valence-corrected chi connectivity index (χ0v) is 20.7. The molecule has 2 heterocycles. The maximum Gasteiger partial charge on any atom is 0.410 e. The zero-order chi connectivity index (χ0) is 19.8. The van der Waals surface area contributed by atoms with Crippen molar-refractivity contribution in [2.75, 3.05) is 33.2 Å². The van der Waals surface area contributed by atoms with Gasteiger partial charge in [-0.3, -0.25) is 4.99 Å². The van der Waals surface area contributed by atoms with Gasteiger partial charge in [-0.1, -0.05) is 13.8 Å². The van der Waals surface area contributed by atoms with Gasteiger partial charge >= 0.3 is 6.09 Å². The van der Waals surface area contributed by atoms with E-state index in [9.17, 15) is 4.79 Å². The second-order valence-corrected chi connectivity index (χ2v) is 9.89. The van der Waals surface area contributed by atoms with E-state index in [1.54, 1.807) is 0 Å². The summed E-state index contributed by atoms with van der Waals surface area (Å²) in [5.74, 6) is 1.38. The Balaban J connectivity index is 0.00000364. The normalized spacial score (nSPS) is 24.6. The second-order valence-electron chi connectivity index (χ2n) is 9.89. The number of nitrogens with zero attached hydrogens (tertiary/aromatic N) is 3. The molecule has 6 nitrogen and oxygen atoms in total. The van der Waals surface area contributed by atoms with Crippen LogP contribution in [0.2, 0.25) is 0 Å². The van der Waals surface area contributed by atoms with Crippen LogP contribution < -0.4 is 5.32 Å². The number of carbonyl (C=O) groups excluding carboxylic acids is 1. The summed E-state index contributed by atoms with van der Waals surface area (Å²) in [5, 5.41) is 3.54. The predicted octanol–water partition coefficient (Wildman–Crippen LogP) is 3.95. The number of aliphatic imine (C=N–C) groups is 1. The number of guanidine groups is 1. The average Bonchev–Trinajstić information content (AvgIpc) is 2.53. The van der Waals surface area contributed by atoms with Crippen molar-refractivity contribution in [3.8, 4) is 0 Å². The Morgan fingerprint density at radius 2 is 1.89 bits per heavy atom. The first kappa shape index (κ1) is 24.3. The third-order valence-electron chi connectivity index (χ3n) is 6.07. The maximum atomic E-state index is 12.3. The van der Waals surface area contributed by atoms with E-state index < -0.39 is 5.60 Å². The van der Waals surface area contributed by atoms with Crippen LogP contribution in [0.1, 0.15) is 61.3 Å². The Morgan fingerprint density at radius 1 is 1.26 bits per heavy atom. The summed E-state index contributed by atoms with van der Waals surface area (Å²) in [5.41, 5.74) is -0.0763. The minimum atomic E-state index is -0.444. The molecule has 0 aromatic carbocycles. The molecule has 1 unspecified atom stereocenters. The first-order valence-electron chi connectivity index (χ1n) is 9.83.